The van der Waals surface area contributed by atoms with Gasteiger partial charge in [-0.3, -0.25) is 0 Å². The maximum atomic E-state index is 9.25. The molecule has 0 aliphatic heterocycles. The van der Waals surface area contributed by atoms with Crippen LogP contribution in [0.4, 0.5) is 17.1 Å². The summed E-state index contributed by atoms with van der Waals surface area (Å²) in [6.07, 6.45) is 5.44. The van der Waals surface area contributed by atoms with Gasteiger partial charge in [0, 0.05) is 23.8 Å². The number of rotatable bonds is 5. The first-order valence-electron chi connectivity index (χ1n) is 25.4. The van der Waals surface area contributed by atoms with Crippen molar-refractivity contribution in [2.45, 2.75) is 115 Å². The van der Waals surface area contributed by atoms with Crippen molar-refractivity contribution < 1.29 is 1.37 Å². The second-order valence-electron chi connectivity index (χ2n) is 22.6. The van der Waals surface area contributed by atoms with Gasteiger partial charge in [-0.15, -0.1) is 0 Å². The first-order valence-corrected chi connectivity index (χ1v) is 24.9. The van der Waals surface area contributed by atoms with Crippen LogP contribution >= 0.6 is 0 Å². The zero-order chi connectivity index (χ0) is 47.0. The molecule has 1 saturated carbocycles. The van der Waals surface area contributed by atoms with Crippen LogP contribution in [0.2, 0.25) is 0 Å². The summed E-state index contributed by atoms with van der Waals surface area (Å²) in [5.74, 6) is -0.463. The highest BCUT2D eigenvalue weighted by Gasteiger charge is 2.52. The molecule has 8 aromatic rings. The van der Waals surface area contributed by atoms with Crippen LogP contribution in [0, 0.1) is 0 Å². The van der Waals surface area contributed by atoms with Crippen LogP contribution in [-0.4, -0.2) is 0 Å². The maximum Gasteiger partial charge on any atom is 0.0726 e. The van der Waals surface area contributed by atoms with E-state index in [0.717, 1.165) is 48.3 Å². The SMILES string of the molecule is [2H]C1(c2ccc(-c3ccc(N(c4ccc5c(c4)-c4ccccc4C5(C)C)c4ccc5c(c4)C4(c6ccccc6-5)c5cc(C(C)(C)C)ccc5-c5ccc(C(C)(C)C)cc54)cc3)cc2)CCCCC1. The molecule has 0 saturated heterocycles. The third kappa shape index (κ3) is 6.40. The Hall–Kier alpha value is -6.44. The summed E-state index contributed by atoms with van der Waals surface area (Å²) in [4.78, 5) is 2.50. The molecule has 0 heterocycles. The number of hydrogen-bond acceptors (Lipinski definition) is 1. The fraction of sp³-hybridized carbons (Fsp3) is 0.273. The van der Waals surface area contributed by atoms with Gasteiger partial charge in [-0.2, -0.15) is 0 Å². The van der Waals surface area contributed by atoms with E-state index in [0.29, 0.717) is 0 Å². The molecule has 0 amide bonds. The van der Waals surface area contributed by atoms with E-state index in [-0.39, 0.29) is 16.2 Å². The summed E-state index contributed by atoms with van der Waals surface area (Å²) < 4.78 is 9.25. The van der Waals surface area contributed by atoms with Crippen molar-refractivity contribution in [2.24, 2.45) is 0 Å². The van der Waals surface area contributed by atoms with Gasteiger partial charge in [-0.1, -0.05) is 208 Å². The van der Waals surface area contributed by atoms with E-state index >= 15 is 0 Å². The lowest BCUT2D eigenvalue weighted by atomic mass is 9.68. The predicted octanol–water partition coefficient (Wildman–Crippen LogP) is 18.1. The molecule has 4 aliphatic rings. The van der Waals surface area contributed by atoms with Gasteiger partial charge in [0.05, 0.1) is 5.41 Å². The monoisotopic (exact) mass is 871 g/mol. The first-order chi connectivity index (χ1) is 32.6. The second kappa shape index (κ2) is 15.0. The van der Waals surface area contributed by atoms with Gasteiger partial charge in [0.15, 0.2) is 0 Å². The van der Waals surface area contributed by atoms with Crippen molar-refractivity contribution in [2.75, 3.05) is 4.90 Å². The Bertz CT molecular complexity index is 3250. The molecule has 1 fully saturated rings. The van der Waals surface area contributed by atoms with Crippen molar-refractivity contribution in [1.29, 1.82) is 0 Å². The maximum absolute atomic E-state index is 9.25. The normalized spacial score (nSPS) is 16.9. The molecule has 0 bridgehead atoms. The number of fused-ring (bicyclic) bond motifs is 13. The van der Waals surface area contributed by atoms with E-state index in [2.05, 4.69) is 230 Å². The fourth-order valence-electron chi connectivity index (χ4n) is 12.5. The molecule has 1 nitrogen and oxygen atoms in total. The topological polar surface area (TPSA) is 3.24 Å². The summed E-state index contributed by atoms with van der Waals surface area (Å²) in [5, 5.41) is 0. The van der Waals surface area contributed by atoms with Gasteiger partial charge in [0.2, 0.25) is 0 Å². The summed E-state index contributed by atoms with van der Waals surface area (Å²) in [6.45, 7) is 18.8. The first kappa shape index (κ1) is 40.8. The standard InChI is InChI=1S/C66H63N/c1-63(2,3)46-28-34-53-54-35-29-47(64(4,5)6)39-61(54)66(60(53)38-46)59-21-15-13-18-51(59)55-36-32-50(41-62(55)66)67(49-33-37-58-56(40-49)52-19-12-14-20-57(52)65(58,7)8)48-30-26-45(27-31-48)44-24-22-43(23-25-44)42-16-10-9-11-17-42/h12-15,18-42H,9-11,16-17H2,1-8H3/i42D. The van der Waals surface area contributed by atoms with E-state index in [1.165, 1.54) is 95.4 Å². The van der Waals surface area contributed by atoms with Crippen LogP contribution < -0.4 is 4.90 Å². The van der Waals surface area contributed by atoms with Crippen molar-refractivity contribution in [3.05, 3.63) is 220 Å². The lowest BCUT2D eigenvalue weighted by molar-refractivity contribution is 0.443. The van der Waals surface area contributed by atoms with Crippen molar-refractivity contribution in [3.63, 3.8) is 0 Å². The number of hydrogen-bond donors (Lipinski definition) is 0. The molecule has 67 heavy (non-hydrogen) atoms. The van der Waals surface area contributed by atoms with Gasteiger partial charge in [0.1, 0.15) is 0 Å². The van der Waals surface area contributed by atoms with Gasteiger partial charge in [-0.05, 0) is 161 Å². The molecular weight excluding hydrogens is 807 g/mol. The van der Waals surface area contributed by atoms with Crippen LogP contribution in [0.1, 0.15) is 145 Å². The lowest BCUT2D eigenvalue weighted by Gasteiger charge is -2.34. The van der Waals surface area contributed by atoms with Crippen LogP contribution in [0.25, 0.3) is 44.5 Å². The van der Waals surface area contributed by atoms with Crippen molar-refractivity contribution in [1.82, 2.24) is 0 Å². The molecule has 12 rings (SSSR count). The third-order valence-electron chi connectivity index (χ3n) is 16.2. The molecule has 4 aliphatic carbocycles. The number of anilines is 3. The Morgan fingerprint density at radius 2 is 0.866 bits per heavy atom. The molecule has 1 heteroatoms. The highest BCUT2D eigenvalue weighted by atomic mass is 15.1. The van der Waals surface area contributed by atoms with Crippen LogP contribution in [0.5, 0.6) is 0 Å². The quantitative estimate of drug-likeness (QED) is 0.167. The number of benzene rings is 8. The fourth-order valence-corrected chi connectivity index (χ4v) is 12.5. The molecule has 0 N–H and O–H groups in total. The lowest BCUT2D eigenvalue weighted by Crippen LogP contribution is -2.27. The molecule has 0 radical (unpaired) electrons. The molecule has 0 atom stereocenters. The Morgan fingerprint density at radius 1 is 0.418 bits per heavy atom. The smallest absolute Gasteiger partial charge is 0.0726 e. The number of nitrogens with zero attached hydrogens (tertiary/aromatic N) is 1. The Kier molecular flexibility index (Phi) is 9.16. The van der Waals surface area contributed by atoms with Crippen molar-refractivity contribution in [3.8, 4) is 44.5 Å². The molecule has 8 aromatic carbocycles. The van der Waals surface area contributed by atoms with Gasteiger partial charge < -0.3 is 4.90 Å². The van der Waals surface area contributed by atoms with E-state index < -0.39 is 11.3 Å². The zero-order valence-corrected chi connectivity index (χ0v) is 40.6. The van der Waals surface area contributed by atoms with Crippen LogP contribution in [0.3, 0.4) is 0 Å². The zero-order valence-electron chi connectivity index (χ0n) is 41.6. The van der Waals surface area contributed by atoms with E-state index in [9.17, 15) is 1.37 Å². The largest absolute Gasteiger partial charge is 0.310 e. The summed E-state index contributed by atoms with van der Waals surface area (Å²) in [6, 6.07) is 65.5. The van der Waals surface area contributed by atoms with Crippen LogP contribution in [0.15, 0.2) is 170 Å². The van der Waals surface area contributed by atoms with Gasteiger partial charge in [0.25, 0.3) is 0 Å². The minimum Gasteiger partial charge on any atom is -0.310 e. The molecular formula is C66H63N. The highest BCUT2D eigenvalue weighted by molar-refractivity contribution is 5.97. The summed E-state index contributed by atoms with van der Waals surface area (Å²) in [5.41, 5.74) is 25.1. The highest BCUT2D eigenvalue weighted by Crippen LogP contribution is 2.64. The predicted molar refractivity (Wildman–Crippen MR) is 284 cm³/mol. The summed E-state index contributed by atoms with van der Waals surface area (Å²) in [7, 11) is 0. The van der Waals surface area contributed by atoms with E-state index in [4.69, 9.17) is 0 Å². The van der Waals surface area contributed by atoms with Gasteiger partial charge in [-0.25, -0.2) is 0 Å². The van der Waals surface area contributed by atoms with Crippen LogP contribution in [-0.2, 0) is 21.7 Å². The minimum atomic E-state index is -0.507. The average Bonchev–Trinajstić information content (AvgIpc) is 3.89. The van der Waals surface area contributed by atoms with Crippen molar-refractivity contribution >= 4 is 17.1 Å². The van der Waals surface area contributed by atoms with E-state index in [1.807, 2.05) is 0 Å². The molecule has 0 aromatic heterocycles. The molecule has 0 unspecified atom stereocenters. The minimum absolute atomic E-state index is 0.0186. The third-order valence-corrected chi connectivity index (χ3v) is 16.2. The Labute approximate surface area is 401 Å². The second-order valence-corrected chi connectivity index (χ2v) is 22.6. The van der Waals surface area contributed by atoms with Gasteiger partial charge >= 0.3 is 0 Å². The Balaban J connectivity index is 1.07. The van der Waals surface area contributed by atoms with E-state index in [1.54, 1.807) is 0 Å². The molecule has 332 valence electrons. The average molecular weight is 871 g/mol. The molecule has 1 spiro atoms. The Morgan fingerprint density at radius 3 is 1.46 bits per heavy atom. The summed E-state index contributed by atoms with van der Waals surface area (Å²) >= 11 is 0.